The number of hydrogen-bond acceptors (Lipinski definition) is 4. The van der Waals surface area contributed by atoms with Gasteiger partial charge in [-0.15, -0.1) is 10.2 Å². The molecule has 1 aromatic heterocycles. The molecule has 0 aromatic carbocycles. The zero-order valence-corrected chi connectivity index (χ0v) is 11.1. The summed E-state index contributed by atoms with van der Waals surface area (Å²) in [6.45, 7) is 1.64. The lowest BCUT2D eigenvalue weighted by Crippen LogP contribution is -2.30. The summed E-state index contributed by atoms with van der Waals surface area (Å²) in [6, 6.07) is 3.15. The Bertz CT molecular complexity index is 366. The first-order valence-electron chi connectivity index (χ1n) is 5.40. The first kappa shape index (κ1) is 13.9. The highest BCUT2D eigenvalue weighted by Crippen LogP contribution is 2.04. The minimum atomic E-state index is -0.132. The fraction of sp³-hybridized carbons (Fsp3) is 0.545. The maximum Gasteiger partial charge on any atom is 0.274 e. The Balaban J connectivity index is 2.49. The monoisotopic (exact) mass is 256 g/mol. The highest BCUT2D eigenvalue weighted by atomic mass is 35.5. The maximum absolute atomic E-state index is 11.9. The summed E-state index contributed by atoms with van der Waals surface area (Å²) in [6.07, 6.45) is 0.927. The van der Waals surface area contributed by atoms with Gasteiger partial charge in [-0.1, -0.05) is 11.6 Å². The molecule has 5 nitrogen and oxygen atoms in total. The van der Waals surface area contributed by atoms with Crippen molar-refractivity contribution >= 4 is 17.5 Å². The summed E-state index contributed by atoms with van der Waals surface area (Å²) < 4.78 is 0. The Morgan fingerprint density at radius 2 is 1.94 bits per heavy atom. The van der Waals surface area contributed by atoms with Gasteiger partial charge in [0.15, 0.2) is 10.8 Å². The van der Waals surface area contributed by atoms with Crippen LogP contribution >= 0.6 is 11.6 Å². The molecule has 0 radical (unpaired) electrons. The van der Waals surface area contributed by atoms with Gasteiger partial charge in [-0.3, -0.25) is 4.79 Å². The Kier molecular flexibility index (Phi) is 5.31. The van der Waals surface area contributed by atoms with Crippen LogP contribution in [0.3, 0.4) is 0 Å². The van der Waals surface area contributed by atoms with Gasteiger partial charge in [-0.2, -0.15) is 0 Å². The number of rotatable bonds is 5. The number of aromatic nitrogens is 2. The average molecular weight is 257 g/mol. The quantitative estimate of drug-likeness (QED) is 0.793. The van der Waals surface area contributed by atoms with E-state index in [0.717, 1.165) is 13.0 Å². The van der Waals surface area contributed by atoms with Gasteiger partial charge in [0.05, 0.1) is 0 Å². The van der Waals surface area contributed by atoms with E-state index in [-0.39, 0.29) is 11.1 Å². The molecule has 0 bridgehead atoms. The molecule has 6 heteroatoms. The summed E-state index contributed by atoms with van der Waals surface area (Å²) in [5.74, 6) is -0.132. The number of carbonyl (C=O) groups excluding carboxylic acids is 1. The third kappa shape index (κ3) is 4.66. The van der Waals surface area contributed by atoms with Gasteiger partial charge >= 0.3 is 0 Å². The molecular weight excluding hydrogens is 240 g/mol. The molecule has 94 valence electrons. The molecule has 0 unspecified atom stereocenters. The average Bonchev–Trinajstić information content (AvgIpc) is 2.28. The number of halogens is 1. The molecule has 0 atom stereocenters. The summed E-state index contributed by atoms with van der Waals surface area (Å²) in [5, 5.41) is 7.70. The van der Waals surface area contributed by atoms with E-state index in [1.54, 1.807) is 24.1 Å². The van der Waals surface area contributed by atoms with Crippen molar-refractivity contribution in [2.75, 3.05) is 34.2 Å². The predicted octanol–water partition coefficient (Wildman–Crippen LogP) is 1.15. The summed E-state index contributed by atoms with van der Waals surface area (Å²) in [4.78, 5) is 15.6. The van der Waals surface area contributed by atoms with Crippen molar-refractivity contribution in [3.63, 3.8) is 0 Å². The molecule has 17 heavy (non-hydrogen) atoms. The van der Waals surface area contributed by atoms with E-state index in [1.165, 1.54) is 0 Å². The van der Waals surface area contributed by atoms with Crippen molar-refractivity contribution in [3.05, 3.63) is 23.0 Å². The standard InChI is InChI=1S/C11H17ClN4O/c1-15(2)7-4-8-16(3)11(17)9-5-6-10(12)14-13-9/h5-6H,4,7-8H2,1-3H3. The smallest absolute Gasteiger partial charge is 0.274 e. The highest BCUT2D eigenvalue weighted by molar-refractivity contribution is 6.29. The fourth-order valence-electron chi connectivity index (χ4n) is 1.35. The lowest BCUT2D eigenvalue weighted by Gasteiger charge is -2.17. The van der Waals surface area contributed by atoms with Gasteiger partial charge in [-0.25, -0.2) is 0 Å². The third-order valence-corrected chi connectivity index (χ3v) is 2.50. The Labute approximate surface area is 106 Å². The van der Waals surface area contributed by atoms with E-state index in [2.05, 4.69) is 15.1 Å². The minimum absolute atomic E-state index is 0.132. The fourth-order valence-corrected chi connectivity index (χ4v) is 1.45. The van der Waals surface area contributed by atoms with E-state index >= 15 is 0 Å². The molecule has 1 rings (SSSR count). The van der Waals surface area contributed by atoms with Crippen LogP contribution < -0.4 is 0 Å². The molecule has 0 spiro atoms. The third-order valence-electron chi connectivity index (χ3n) is 2.30. The van der Waals surface area contributed by atoms with Gasteiger partial charge in [-0.05, 0) is 39.2 Å². The molecule has 1 amide bonds. The van der Waals surface area contributed by atoms with Crippen LogP contribution in [-0.2, 0) is 0 Å². The zero-order chi connectivity index (χ0) is 12.8. The number of carbonyl (C=O) groups is 1. The van der Waals surface area contributed by atoms with Crippen molar-refractivity contribution in [3.8, 4) is 0 Å². The summed E-state index contributed by atoms with van der Waals surface area (Å²) >= 11 is 5.61. The Hall–Kier alpha value is -1.20. The van der Waals surface area contributed by atoms with Gasteiger partial charge in [0.25, 0.3) is 5.91 Å². The Morgan fingerprint density at radius 3 is 2.47 bits per heavy atom. The van der Waals surface area contributed by atoms with Crippen molar-refractivity contribution in [1.29, 1.82) is 0 Å². The van der Waals surface area contributed by atoms with Crippen LogP contribution in [0, 0.1) is 0 Å². The number of amides is 1. The van der Waals surface area contributed by atoms with Crippen LogP contribution in [0.25, 0.3) is 0 Å². The highest BCUT2D eigenvalue weighted by Gasteiger charge is 2.13. The van der Waals surface area contributed by atoms with Crippen LogP contribution in [-0.4, -0.2) is 60.1 Å². The van der Waals surface area contributed by atoms with Crippen LogP contribution in [0.1, 0.15) is 16.9 Å². The molecule has 0 aliphatic rings. The van der Waals surface area contributed by atoms with Crippen molar-refractivity contribution < 1.29 is 4.79 Å². The molecule has 0 saturated carbocycles. The molecule has 0 fully saturated rings. The van der Waals surface area contributed by atoms with Crippen molar-refractivity contribution in [1.82, 2.24) is 20.0 Å². The van der Waals surface area contributed by atoms with Gasteiger partial charge in [0.1, 0.15) is 0 Å². The number of nitrogens with zero attached hydrogens (tertiary/aromatic N) is 4. The summed E-state index contributed by atoms with van der Waals surface area (Å²) in [7, 11) is 5.77. The van der Waals surface area contributed by atoms with Gasteiger partial charge in [0.2, 0.25) is 0 Å². The Morgan fingerprint density at radius 1 is 1.24 bits per heavy atom. The van der Waals surface area contributed by atoms with Crippen LogP contribution in [0.4, 0.5) is 0 Å². The first-order chi connectivity index (χ1) is 8.00. The molecule has 1 heterocycles. The number of hydrogen-bond donors (Lipinski definition) is 0. The summed E-state index contributed by atoms with van der Waals surface area (Å²) in [5.41, 5.74) is 0.321. The molecule has 0 aliphatic heterocycles. The second-order valence-corrected chi connectivity index (χ2v) is 4.51. The van der Waals surface area contributed by atoms with Crippen molar-refractivity contribution in [2.45, 2.75) is 6.42 Å². The normalized spacial score (nSPS) is 10.6. The van der Waals surface area contributed by atoms with E-state index in [4.69, 9.17) is 11.6 Å². The molecule has 0 saturated heterocycles. The molecule has 1 aromatic rings. The zero-order valence-electron chi connectivity index (χ0n) is 10.4. The second-order valence-electron chi connectivity index (χ2n) is 4.12. The van der Waals surface area contributed by atoms with Crippen LogP contribution in [0.5, 0.6) is 0 Å². The van der Waals surface area contributed by atoms with Crippen molar-refractivity contribution in [2.24, 2.45) is 0 Å². The van der Waals surface area contributed by atoms with Gasteiger partial charge in [0, 0.05) is 13.6 Å². The van der Waals surface area contributed by atoms with E-state index in [0.29, 0.717) is 12.2 Å². The van der Waals surface area contributed by atoms with Crippen LogP contribution in [0.15, 0.2) is 12.1 Å². The molecule has 0 aliphatic carbocycles. The molecule has 0 N–H and O–H groups in total. The lowest BCUT2D eigenvalue weighted by molar-refractivity contribution is 0.0783. The lowest BCUT2D eigenvalue weighted by atomic mass is 10.3. The topological polar surface area (TPSA) is 49.3 Å². The van der Waals surface area contributed by atoms with E-state index < -0.39 is 0 Å². The molecular formula is C11H17ClN4O. The van der Waals surface area contributed by atoms with Crippen LogP contribution in [0.2, 0.25) is 5.15 Å². The minimum Gasteiger partial charge on any atom is -0.340 e. The van der Waals surface area contributed by atoms with Gasteiger partial charge < -0.3 is 9.80 Å². The SMILES string of the molecule is CN(C)CCCN(C)C(=O)c1ccc(Cl)nn1. The maximum atomic E-state index is 11.9. The second kappa shape index (κ2) is 6.51. The first-order valence-corrected chi connectivity index (χ1v) is 5.78. The largest absolute Gasteiger partial charge is 0.340 e. The predicted molar refractivity (Wildman–Crippen MR) is 67.2 cm³/mol. The van der Waals surface area contributed by atoms with E-state index in [1.807, 2.05) is 14.1 Å². The van der Waals surface area contributed by atoms with E-state index in [9.17, 15) is 4.79 Å².